The van der Waals surface area contributed by atoms with Gasteiger partial charge in [0.15, 0.2) is 11.9 Å². The number of nitrogens with one attached hydrogen (secondary N) is 1. The van der Waals surface area contributed by atoms with Crippen LogP contribution in [0.15, 0.2) is 48.5 Å². The van der Waals surface area contributed by atoms with Crippen molar-refractivity contribution in [2.75, 3.05) is 5.32 Å². The van der Waals surface area contributed by atoms with Gasteiger partial charge in [-0.3, -0.25) is 9.59 Å². The first kappa shape index (κ1) is 16.7. The van der Waals surface area contributed by atoms with Crippen LogP contribution in [0, 0.1) is 0 Å². The average molecular weight is 311 g/mol. The van der Waals surface area contributed by atoms with Crippen LogP contribution in [0.3, 0.4) is 0 Å². The number of carbonyl (C=O) groups excluding carboxylic acids is 2. The zero-order chi connectivity index (χ0) is 16.8. The third-order valence-electron chi connectivity index (χ3n) is 3.57. The number of hydrogen-bond acceptors (Lipinski definition) is 3. The molecule has 0 aliphatic carbocycles. The average Bonchev–Trinajstić information content (AvgIpc) is 2.56. The molecule has 1 amide bonds. The van der Waals surface area contributed by atoms with Crippen molar-refractivity contribution in [2.45, 2.75) is 33.3 Å². The normalized spacial score (nSPS) is 11.6. The highest BCUT2D eigenvalue weighted by atomic mass is 16.5. The summed E-state index contributed by atoms with van der Waals surface area (Å²) in [6.07, 6.45) is 0.349. The fourth-order valence-corrected chi connectivity index (χ4v) is 2.09. The van der Waals surface area contributed by atoms with Gasteiger partial charge in [-0.05, 0) is 62.2 Å². The van der Waals surface area contributed by atoms with E-state index < -0.39 is 6.10 Å². The molecule has 0 aliphatic heterocycles. The lowest BCUT2D eigenvalue weighted by molar-refractivity contribution is -0.122. The number of ether oxygens (including phenoxy) is 1. The predicted molar refractivity (Wildman–Crippen MR) is 91.0 cm³/mol. The van der Waals surface area contributed by atoms with Gasteiger partial charge in [0.1, 0.15) is 5.75 Å². The Kier molecular flexibility index (Phi) is 5.52. The number of amides is 1. The Labute approximate surface area is 136 Å². The summed E-state index contributed by atoms with van der Waals surface area (Å²) in [6.45, 7) is 5.30. The fourth-order valence-electron chi connectivity index (χ4n) is 2.09. The summed E-state index contributed by atoms with van der Waals surface area (Å²) in [5.41, 5.74) is 2.47. The Morgan fingerprint density at radius 3 is 2.17 bits per heavy atom. The van der Waals surface area contributed by atoms with Crippen molar-refractivity contribution < 1.29 is 14.3 Å². The summed E-state index contributed by atoms with van der Waals surface area (Å²) < 4.78 is 5.64. The molecule has 0 saturated carbocycles. The molecule has 0 aromatic heterocycles. The second-order valence-corrected chi connectivity index (χ2v) is 5.38. The van der Waals surface area contributed by atoms with Crippen molar-refractivity contribution >= 4 is 17.4 Å². The number of hydrogen-bond donors (Lipinski definition) is 1. The van der Waals surface area contributed by atoms with Gasteiger partial charge in [0, 0.05) is 11.3 Å². The molecule has 0 aliphatic rings. The molecule has 0 radical (unpaired) electrons. The number of Topliss-reactive ketones (excluding diaryl/α,β-unsaturated/α-hetero) is 1. The van der Waals surface area contributed by atoms with Crippen LogP contribution >= 0.6 is 0 Å². The summed E-state index contributed by atoms with van der Waals surface area (Å²) >= 11 is 0. The van der Waals surface area contributed by atoms with Crippen molar-refractivity contribution in [3.8, 4) is 5.75 Å². The van der Waals surface area contributed by atoms with Crippen LogP contribution in [0.4, 0.5) is 5.69 Å². The topological polar surface area (TPSA) is 55.4 Å². The Bertz CT molecular complexity index is 675. The molecule has 23 heavy (non-hydrogen) atoms. The lowest BCUT2D eigenvalue weighted by Crippen LogP contribution is -2.30. The van der Waals surface area contributed by atoms with E-state index >= 15 is 0 Å². The number of anilines is 1. The third-order valence-corrected chi connectivity index (χ3v) is 3.57. The molecule has 0 saturated heterocycles. The quantitative estimate of drug-likeness (QED) is 0.824. The lowest BCUT2D eigenvalue weighted by atomic mass is 10.1. The maximum Gasteiger partial charge on any atom is 0.265 e. The summed E-state index contributed by atoms with van der Waals surface area (Å²) in [6, 6.07) is 14.5. The number of rotatable bonds is 6. The van der Waals surface area contributed by atoms with Crippen molar-refractivity contribution in [1.82, 2.24) is 0 Å². The highest BCUT2D eigenvalue weighted by molar-refractivity contribution is 5.96. The van der Waals surface area contributed by atoms with Gasteiger partial charge in [0.05, 0.1) is 0 Å². The SMILES string of the molecule is CCc1ccc(OC(C)C(=O)Nc2ccc(C(C)=O)cc2)cc1. The Hall–Kier alpha value is -2.62. The molecule has 4 nitrogen and oxygen atoms in total. The largest absolute Gasteiger partial charge is 0.481 e. The zero-order valence-electron chi connectivity index (χ0n) is 13.6. The molecule has 1 atom stereocenters. The van der Waals surface area contributed by atoms with E-state index in [0.29, 0.717) is 17.0 Å². The highest BCUT2D eigenvalue weighted by Crippen LogP contribution is 2.16. The van der Waals surface area contributed by atoms with E-state index in [9.17, 15) is 9.59 Å². The number of benzene rings is 2. The molecule has 0 fully saturated rings. The molecule has 120 valence electrons. The Morgan fingerprint density at radius 2 is 1.65 bits per heavy atom. The molecule has 1 N–H and O–H groups in total. The molecule has 0 spiro atoms. The van der Waals surface area contributed by atoms with Gasteiger partial charge in [0.2, 0.25) is 0 Å². The molecule has 2 aromatic carbocycles. The summed E-state index contributed by atoms with van der Waals surface area (Å²) in [5, 5.41) is 2.78. The Balaban J connectivity index is 1.94. The third kappa shape index (κ3) is 4.68. The van der Waals surface area contributed by atoms with Crippen LogP contribution < -0.4 is 10.1 Å². The maximum absolute atomic E-state index is 12.2. The first-order valence-corrected chi connectivity index (χ1v) is 7.67. The first-order valence-electron chi connectivity index (χ1n) is 7.67. The number of carbonyl (C=O) groups is 2. The second kappa shape index (κ2) is 7.58. The summed E-state index contributed by atoms with van der Waals surface area (Å²) in [5.74, 6) is 0.423. The first-order chi connectivity index (χ1) is 11.0. The van der Waals surface area contributed by atoms with Gasteiger partial charge in [-0.15, -0.1) is 0 Å². The van der Waals surface area contributed by atoms with Crippen LogP contribution in [-0.2, 0) is 11.2 Å². The van der Waals surface area contributed by atoms with Crippen molar-refractivity contribution in [3.63, 3.8) is 0 Å². The number of aryl methyl sites for hydroxylation is 1. The van der Waals surface area contributed by atoms with E-state index in [1.165, 1.54) is 12.5 Å². The van der Waals surface area contributed by atoms with Gasteiger partial charge < -0.3 is 10.1 Å². The molecule has 0 bridgehead atoms. The zero-order valence-corrected chi connectivity index (χ0v) is 13.6. The molecule has 1 unspecified atom stereocenters. The van der Waals surface area contributed by atoms with Gasteiger partial charge in [-0.25, -0.2) is 0 Å². The van der Waals surface area contributed by atoms with Gasteiger partial charge >= 0.3 is 0 Å². The minimum absolute atomic E-state index is 0.00453. The van der Waals surface area contributed by atoms with Crippen molar-refractivity contribution in [3.05, 3.63) is 59.7 Å². The van der Waals surface area contributed by atoms with Crippen LogP contribution in [0.5, 0.6) is 5.75 Å². The standard InChI is InChI=1S/C19H21NO3/c1-4-15-5-11-18(12-6-15)23-14(3)19(22)20-17-9-7-16(8-10-17)13(2)21/h5-12,14H,4H2,1-3H3,(H,20,22). The Morgan fingerprint density at radius 1 is 1.04 bits per heavy atom. The van der Waals surface area contributed by atoms with E-state index in [1.807, 2.05) is 24.3 Å². The van der Waals surface area contributed by atoms with E-state index in [-0.39, 0.29) is 11.7 Å². The maximum atomic E-state index is 12.2. The second-order valence-electron chi connectivity index (χ2n) is 5.38. The molecule has 2 aromatic rings. The van der Waals surface area contributed by atoms with Gasteiger partial charge in [0.25, 0.3) is 5.91 Å². The minimum atomic E-state index is -0.616. The van der Waals surface area contributed by atoms with Crippen LogP contribution in [0.1, 0.15) is 36.7 Å². The van der Waals surface area contributed by atoms with Gasteiger partial charge in [-0.1, -0.05) is 19.1 Å². The lowest BCUT2D eigenvalue weighted by Gasteiger charge is -2.15. The van der Waals surface area contributed by atoms with Crippen LogP contribution in [0.25, 0.3) is 0 Å². The van der Waals surface area contributed by atoms with E-state index in [0.717, 1.165) is 6.42 Å². The monoisotopic (exact) mass is 311 g/mol. The molecule has 2 rings (SSSR count). The van der Waals surface area contributed by atoms with E-state index in [2.05, 4.69) is 12.2 Å². The molecular weight excluding hydrogens is 290 g/mol. The summed E-state index contributed by atoms with van der Waals surface area (Å²) in [4.78, 5) is 23.4. The van der Waals surface area contributed by atoms with Crippen LogP contribution in [0.2, 0.25) is 0 Å². The minimum Gasteiger partial charge on any atom is -0.481 e. The highest BCUT2D eigenvalue weighted by Gasteiger charge is 2.15. The van der Waals surface area contributed by atoms with Crippen molar-refractivity contribution in [1.29, 1.82) is 0 Å². The predicted octanol–water partition coefficient (Wildman–Crippen LogP) is 3.86. The van der Waals surface area contributed by atoms with E-state index in [1.54, 1.807) is 31.2 Å². The van der Waals surface area contributed by atoms with E-state index in [4.69, 9.17) is 4.74 Å². The van der Waals surface area contributed by atoms with Gasteiger partial charge in [-0.2, -0.15) is 0 Å². The summed E-state index contributed by atoms with van der Waals surface area (Å²) in [7, 11) is 0. The fraction of sp³-hybridized carbons (Fsp3) is 0.263. The molecule has 4 heteroatoms. The molecule has 0 heterocycles. The molecular formula is C19H21NO3. The van der Waals surface area contributed by atoms with Crippen molar-refractivity contribution in [2.24, 2.45) is 0 Å². The number of ketones is 1. The smallest absolute Gasteiger partial charge is 0.265 e. The van der Waals surface area contributed by atoms with Crippen LogP contribution in [-0.4, -0.2) is 17.8 Å².